The van der Waals surface area contributed by atoms with Crippen molar-refractivity contribution in [1.82, 2.24) is 9.80 Å². The number of rotatable bonds is 4. The molecule has 0 aromatic heterocycles. The Morgan fingerprint density at radius 2 is 1.71 bits per heavy atom. The quantitative estimate of drug-likeness (QED) is 0.620. The van der Waals surface area contributed by atoms with Crippen LogP contribution in [0.5, 0.6) is 0 Å². The molecule has 1 aliphatic rings. The molecule has 5 nitrogen and oxygen atoms in total. The van der Waals surface area contributed by atoms with Crippen LogP contribution in [0.1, 0.15) is 35.7 Å². The number of Topliss-reactive ketones (excluding diaryl/α,β-unsaturated/α-hetero) is 1. The van der Waals surface area contributed by atoms with E-state index in [2.05, 4.69) is 13.8 Å². The standard InChI is InChI=1S/C16H20N2O3/c1-11(2)12-4-6-13(7-5-12)14(19)10-18-9-8-17(3)15(20)16(18)21/h4-7,11H,8-10H2,1-3H3. The number of piperazine rings is 1. The Morgan fingerprint density at radius 3 is 2.29 bits per heavy atom. The number of amides is 2. The first kappa shape index (κ1) is 15.2. The van der Waals surface area contributed by atoms with Gasteiger partial charge in [-0.15, -0.1) is 0 Å². The van der Waals surface area contributed by atoms with Crippen LogP contribution in [0.15, 0.2) is 24.3 Å². The van der Waals surface area contributed by atoms with E-state index in [0.717, 1.165) is 5.56 Å². The van der Waals surface area contributed by atoms with Crippen LogP contribution in [0, 0.1) is 0 Å². The van der Waals surface area contributed by atoms with E-state index in [9.17, 15) is 14.4 Å². The van der Waals surface area contributed by atoms with Crippen molar-refractivity contribution in [2.45, 2.75) is 19.8 Å². The summed E-state index contributed by atoms with van der Waals surface area (Å²) in [5.74, 6) is -0.887. The van der Waals surface area contributed by atoms with Crippen LogP contribution in [0.2, 0.25) is 0 Å². The first-order valence-corrected chi connectivity index (χ1v) is 7.07. The van der Waals surface area contributed by atoms with Crippen molar-refractivity contribution in [2.75, 3.05) is 26.7 Å². The predicted molar refractivity (Wildman–Crippen MR) is 79.1 cm³/mol. The minimum Gasteiger partial charge on any atom is -0.336 e. The molecule has 1 saturated heterocycles. The maximum Gasteiger partial charge on any atom is 0.312 e. The van der Waals surface area contributed by atoms with Gasteiger partial charge in [0.05, 0.1) is 6.54 Å². The van der Waals surface area contributed by atoms with E-state index < -0.39 is 11.8 Å². The Bertz CT molecular complexity index is 563. The molecule has 5 heteroatoms. The number of hydrogen-bond donors (Lipinski definition) is 0. The van der Waals surface area contributed by atoms with Crippen LogP contribution in [0.25, 0.3) is 0 Å². The second-order valence-corrected chi connectivity index (χ2v) is 5.65. The average Bonchev–Trinajstić information content (AvgIpc) is 2.48. The van der Waals surface area contributed by atoms with Crippen LogP contribution in [-0.4, -0.2) is 54.1 Å². The lowest BCUT2D eigenvalue weighted by atomic mass is 10.0. The Labute approximate surface area is 124 Å². The summed E-state index contributed by atoms with van der Waals surface area (Å²) in [6.07, 6.45) is 0. The van der Waals surface area contributed by atoms with Gasteiger partial charge in [0.2, 0.25) is 0 Å². The van der Waals surface area contributed by atoms with Crippen LogP contribution >= 0.6 is 0 Å². The summed E-state index contributed by atoms with van der Waals surface area (Å²) >= 11 is 0. The van der Waals surface area contributed by atoms with Gasteiger partial charge in [-0.2, -0.15) is 0 Å². The summed E-state index contributed by atoms with van der Waals surface area (Å²) in [6.45, 7) is 5.00. The first-order chi connectivity index (χ1) is 9.90. The predicted octanol–water partition coefficient (Wildman–Crippen LogP) is 1.29. The van der Waals surface area contributed by atoms with Crippen molar-refractivity contribution in [1.29, 1.82) is 0 Å². The third-order valence-electron chi connectivity index (χ3n) is 3.76. The molecular formula is C16H20N2O3. The van der Waals surface area contributed by atoms with Gasteiger partial charge in [-0.05, 0) is 11.5 Å². The monoisotopic (exact) mass is 288 g/mol. The fourth-order valence-corrected chi connectivity index (χ4v) is 2.24. The zero-order valence-electron chi connectivity index (χ0n) is 12.6. The van der Waals surface area contributed by atoms with Crippen molar-refractivity contribution in [3.63, 3.8) is 0 Å². The summed E-state index contributed by atoms with van der Waals surface area (Å²) < 4.78 is 0. The molecule has 0 spiro atoms. The van der Waals surface area contributed by atoms with Crippen LogP contribution in [0.3, 0.4) is 0 Å². The van der Waals surface area contributed by atoms with E-state index in [4.69, 9.17) is 0 Å². The normalized spacial score (nSPS) is 15.8. The molecule has 0 bridgehead atoms. The summed E-state index contributed by atoms with van der Waals surface area (Å²) in [7, 11) is 1.59. The van der Waals surface area contributed by atoms with Gasteiger partial charge in [0.15, 0.2) is 5.78 Å². The lowest BCUT2D eigenvalue weighted by Crippen LogP contribution is -2.53. The zero-order valence-corrected chi connectivity index (χ0v) is 12.6. The van der Waals surface area contributed by atoms with E-state index in [1.807, 2.05) is 12.1 Å². The molecule has 1 aliphatic heterocycles. The third kappa shape index (κ3) is 3.29. The summed E-state index contributed by atoms with van der Waals surface area (Å²) in [5, 5.41) is 0. The fourth-order valence-electron chi connectivity index (χ4n) is 2.24. The highest BCUT2D eigenvalue weighted by molar-refractivity contribution is 6.35. The zero-order chi connectivity index (χ0) is 15.6. The number of ketones is 1. The Kier molecular flexibility index (Phi) is 4.40. The molecule has 1 aromatic rings. The van der Waals surface area contributed by atoms with Gasteiger partial charge in [-0.1, -0.05) is 38.1 Å². The van der Waals surface area contributed by atoms with Gasteiger partial charge in [-0.3, -0.25) is 14.4 Å². The molecule has 0 atom stereocenters. The van der Waals surface area contributed by atoms with E-state index in [-0.39, 0.29) is 12.3 Å². The van der Waals surface area contributed by atoms with Gasteiger partial charge in [0.25, 0.3) is 0 Å². The highest BCUT2D eigenvalue weighted by atomic mass is 16.2. The molecule has 0 radical (unpaired) electrons. The molecule has 1 aromatic carbocycles. The number of benzene rings is 1. The lowest BCUT2D eigenvalue weighted by Gasteiger charge is -2.30. The smallest absolute Gasteiger partial charge is 0.312 e. The average molecular weight is 288 g/mol. The molecule has 0 saturated carbocycles. The third-order valence-corrected chi connectivity index (χ3v) is 3.76. The van der Waals surface area contributed by atoms with Crippen molar-refractivity contribution < 1.29 is 14.4 Å². The molecule has 1 fully saturated rings. The Morgan fingerprint density at radius 1 is 1.10 bits per heavy atom. The highest BCUT2D eigenvalue weighted by Gasteiger charge is 2.31. The van der Waals surface area contributed by atoms with Crippen LogP contribution < -0.4 is 0 Å². The molecule has 0 unspecified atom stereocenters. The molecule has 2 rings (SSSR count). The summed E-state index contributed by atoms with van der Waals surface area (Å²) in [5.41, 5.74) is 1.73. The molecule has 112 valence electrons. The largest absolute Gasteiger partial charge is 0.336 e. The van der Waals surface area contributed by atoms with E-state index >= 15 is 0 Å². The van der Waals surface area contributed by atoms with Crippen LogP contribution in [-0.2, 0) is 9.59 Å². The minimum absolute atomic E-state index is 0.0422. The summed E-state index contributed by atoms with van der Waals surface area (Å²) in [6, 6.07) is 7.41. The number of likely N-dealkylation sites (N-methyl/N-ethyl adjacent to an activating group) is 1. The Balaban J connectivity index is 2.04. The molecule has 21 heavy (non-hydrogen) atoms. The minimum atomic E-state index is -0.601. The Hall–Kier alpha value is -2.17. The fraction of sp³-hybridized carbons (Fsp3) is 0.438. The summed E-state index contributed by atoms with van der Waals surface area (Å²) in [4.78, 5) is 38.3. The number of carbonyl (C=O) groups is 3. The van der Waals surface area contributed by atoms with E-state index in [0.29, 0.717) is 24.6 Å². The van der Waals surface area contributed by atoms with Gasteiger partial charge in [0, 0.05) is 25.7 Å². The van der Waals surface area contributed by atoms with Gasteiger partial charge >= 0.3 is 11.8 Å². The molecule has 0 N–H and O–H groups in total. The lowest BCUT2D eigenvalue weighted by molar-refractivity contribution is -0.154. The van der Waals surface area contributed by atoms with Crippen molar-refractivity contribution in [3.8, 4) is 0 Å². The number of carbonyl (C=O) groups excluding carboxylic acids is 3. The second-order valence-electron chi connectivity index (χ2n) is 5.65. The van der Waals surface area contributed by atoms with Crippen LogP contribution in [0.4, 0.5) is 0 Å². The maximum atomic E-state index is 12.2. The second kappa shape index (κ2) is 6.08. The topological polar surface area (TPSA) is 57.7 Å². The van der Waals surface area contributed by atoms with Gasteiger partial charge in [0.1, 0.15) is 0 Å². The molecule has 1 heterocycles. The van der Waals surface area contributed by atoms with Gasteiger partial charge in [-0.25, -0.2) is 0 Å². The molecular weight excluding hydrogens is 268 g/mol. The van der Waals surface area contributed by atoms with Crippen molar-refractivity contribution >= 4 is 17.6 Å². The highest BCUT2D eigenvalue weighted by Crippen LogP contribution is 2.15. The number of hydrogen-bond acceptors (Lipinski definition) is 3. The van der Waals surface area contributed by atoms with Gasteiger partial charge < -0.3 is 9.80 Å². The first-order valence-electron chi connectivity index (χ1n) is 7.07. The van der Waals surface area contributed by atoms with Crippen molar-refractivity contribution in [2.24, 2.45) is 0 Å². The molecule has 0 aliphatic carbocycles. The van der Waals surface area contributed by atoms with Crippen molar-refractivity contribution in [3.05, 3.63) is 35.4 Å². The number of nitrogens with zero attached hydrogens (tertiary/aromatic N) is 2. The van der Waals surface area contributed by atoms with E-state index in [1.165, 1.54) is 9.80 Å². The SMILES string of the molecule is CC(C)c1ccc(C(=O)CN2CCN(C)C(=O)C2=O)cc1. The molecule has 2 amide bonds. The van der Waals surface area contributed by atoms with E-state index in [1.54, 1.807) is 19.2 Å². The maximum absolute atomic E-state index is 12.2.